The van der Waals surface area contributed by atoms with Crippen LogP contribution in [-0.2, 0) is 0 Å². The molecule has 2 rings (SSSR count). The van der Waals surface area contributed by atoms with E-state index in [2.05, 4.69) is 49.3 Å². The predicted octanol–water partition coefficient (Wildman–Crippen LogP) is 2.25. The van der Waals surface area contributed by atoms with Gasteiger partial charge < -0.3 is 10.2 Å². The van der Waals surface area contributed by atoms with Crippen molar-refractivity contribution >= 4 is 11.4 Å². The molecule has 0 aliphatic carbocycles. The van der Waals surface area contributed by atoms with Crippen LogP contribution in [0, 0.1) is 6.92 Å². The molecular formula is C11H16N2. The van der Waals surface area contributed by atoms with E-state index in [1.165, 1.54) is 16.9 Å². The summed E-state index contributed by atoms with van der Waals surface area (Å²) in [7, 11) is 2.15. The van der Waals surface area contributed by atoms with E-state index in [-0.39, 0.29) is 0 Å². The highest BCUT2D eigenvalue weighted by Crippen LogP contribution is 2.32. The van der Waals surface area contributed by atoms with Gasteiger partial charge in [-0.15, -0.1) is 0 Å². The lowest BCUT2D eigenvalue weighted by Gasteiger charge is -2.34. The number of nitrogens with one attached hydrogen (secondary N) is 1. The number of hydrogen-bond donors (Lipinski definition) is 1. The summed E-state index contributed by atoms with van der Waals surface area (Å²) in [5.41, 5.74) is 3.94. The average Bonchev–Trinajstić information content (AvgIpc) is 2.07. The van der Waals surface area contributed by atoms with Crippen LogP contribution in [0.15, 0.2) is 18.2 Å². The first-order valence-electron chi connectivity index (χ1n) is 4.76. The Labute approximate surface area is 79.6 Å². The number of likely N-dealkylation sites (N-methyl/N-ethyl adjacent to an activating group) is 1. The SMILES string of the molecule is Cc1cccc2c1NC(C)CN2C. The van der Waals surface area contributed by atoms with E-state index < -0.39 is 0 Å². The van der Waals surface area contributed by atoms with Gasteiger partial charge in [0, 0.05) is 19.6 Å². The van der Waals surface area contributed by atoms with Crippen molar-refractivity contribution in [2.24, 2.45) is 0 Å². The molecule has 0 amide bonds. The molecular weight excluding hydrogens is 160 g/mol. The second-order valence-electron chi connectivity index (χ2n) is 3.89. The fourth-order valence-corrected chi connectivity index (χ4v) is 1.96. The lowest BCUT2D eigenvalue weighted by atomic mass is 10.1. The van der Waals surface area contributed by atoms with Crippen LogP contribution in [0.5, 0.6) is 0 Å². The van der Waals surface area contributed by atoms with E-state index in [4.69, 9.17) is 0 Å². The molecule has 1 atom stereocenters. The summed E-state index contributed by atoms with van der Waals surface area (Å²) >= 11 is 0. The molecule has 0 saturated carbocycles. The molecule has 1 aliphatic rings. The second-order valence-corrected chi connectivity index (χ2v) is 3.89. The van der Waals surface area contributed by atoms with Gasteiger partial charge in [-0.05, 0) is 25.5 Å². The first-order chi connectivity index (χ1) is 6.18. The molecule has 1 heterocycles. The van der Waals surface area contributed by atoms with Gasteiger partial charge in [0.05, 0.1) is 11.4 Å². The van der Waals surface area contributed by atoms with Crippen molar-refractivity contribution in [1.82, 2.24) is 0 Å². The van der Waals surface area contributed by atoms with Crippen molar-refractivity contribution in [1.29, 1.82) is 0 Å². The Morgan fingerprint density at radius 2 is 2.23 bits per heavy atom. The number of hydrogen-bond acceptors (Lipinski definition) is 2. The average molecular weight is 176 g/mol. The summed E-state index contributed by atoms with van der Waals surface area (Å²) in [5, 5.41) is 3.52. The molecule has 0 saturated heterocycles. The maximum Gasteiger partial charge on any atom is 0.0610 e. The third-order valence-electron chi connectivity index (χ3n) is 2.60. The Kier molecular flexibility index (Phi) is 1.91. The van der Waals surface area contributed by atoms with Crippen molar-refractivity contribution in [2.45, 2.75) is 19.9 Å². The first-order valence-corrected chi connectivity index (χ1v) is 4.76. The Hall–Kier alpha value is -1.18. The Morgan fingerprint density at radius 1 is 1.46 bits per heavy atom. The molecule has 0 spiro atoms. The lowest BCUT2D eigenvalue weighted by Crippen LogP contribution is -2.37. The topological polar surface area (TPSA) is 15.3 Å². The molecule has 0 bridgehead atoms. The summed E-state index contributed by atoms with van der Waals surface area (Å²) < 4.78 is 0. The zero-order chi connectivity index (χ0) is 9.42. The molecule has 0 aromatic heterocycles. The highest BCUT2D eigenvalue weighted by molar-refractivity contribution is 5.75. The molecule has 1 N–H and O–H groups in total. The van der Waals surface area contributed by atoms with Crippen molar-refractivity contribution < 1.29 is 0 Å². The predicted molar refractivity (Wildman–Crippen MR) is 57.5 cm³/mol. The van der Waals surface area contributed by atoms with Gasteiger partial charge in [-0.3, -0.25) is 0 Å². The van der Waals surface area contributed by atoms with E-state index in [9.17, 15) is 0 Å². The number of anilines is 2. The normalized spacial score (nSPS) is 20.8. The van der Waals surface area contributed by atoms with Gasteiger partial charge in [0.2, 0.25) is 0 Å². The summed E-state index contributed by atoms with van der Waals surface area (Å²) in [6.45, 7) is 5.44. The molecule has 0 radical (unpaired) electrons. The number of fused-ring (bicyclic) bond motifs is 1. The molecule has 13 heavy (non-hydrogen) atoms. The second kappa shape index (κ2) is 2.95. The van der Waals surface area contributed by atoms with Crippen molar-refractivity contribution in [3.8, 4) is 0 Å². The standard InChI is InChI=1S/C11H16N2/c1-8-5-4-6-10-11(8)12-9(2)7-13(10)3/h4-6,9,12H,7H2,1-3H3. The van der Waals surface area contributed by atoms with Crippen LogP contribution in [0.2, 0.25) is 0 Å². The van der Waals surface area contributed by atoms with Crippen LogP contribution in [0.25, 0.3) is 0 Å². The van der Waals surface area contributed by atoms with E-state index in [0.717, 1.165) is 6.54 Å². The van der Waals surface area contributed by atoms with Gasteiger partial charge in [0.25, 0.3) is 0 Å². The number of rotatable bonds is 0. The van der Waals surface area contributed by atoms with E-state index in [0.29, 0.717) is 6.04 Å². The zero-order valence-electron chi connectivity index (χ0n) is 8.46. The summed E-state index contributed by atoms with van der Waals surface area (Å²) in [4.78, 5) is 2.31. The highest BCUT2D eigenvalue weighted by atomic mass is 15.2. The summed E-state index contributed by atoms with van der Waals surface area (Å²) in [6, 6.07) is 6.97. The van der Waals surface area contributed by atoms with Crippen LogP contribution in [-0.4, -0.2) is 19.6 Å². The smallest absolute Gasteiger partial charge is 0.0610 e. The zero-order valence-corrected chi connectivity index (χ0v) is 8.46. The van der Waals surface area contributed by atoms with Gasteiger partial charge in [0.1, 0.15) is 0 Å². The van der Waals surface area contributed by atoms with Gasteiger partial charge in [0.15, 0.2) is 0 Å². The molecule has 1 unspecified atom stereocenters. The van der Waals surface area contributed by atoms with E-state index in [1.807, 2.05) is 0 Å². The Bertz CT molecular complexity index is 320. The van der Waals surface area contributed by atoms with Crippen molar-refractivity contribution in [2.75, 3.05) is 23.8 Å². The summed E-state index contributed by atoms with van der Waals surface area (Å²) in [6.07, 6.45) is 0. The maximum absolute atomic E-state index is 3.52. The lowest BCUT2D eigenvalue weighted by molar-refractivity contribution is 0.736. The largest absolute Gasteiger partial charge is 0.379 e. The molecule has 1 aliphatic heterocycles. The molecule has 0 fully saturated rings. The highest BCUT2D eigenvalue weighted by Gasteiger charge is 2.18. The number of aryl methyl sites for hydroxylation is 1. The van der Waals surface area contributed by atoms with E-state index in [1.54, 1.807) is 0 Å². The number of benzene rings is 1. The fraction of sp³-hybridized carbons (Fsp3) is 0.455. The van der Waals surface area contributed by atoms with Gasteiger partial charge >= 0.3 is 0 Å². The Morgan fingerprint density at radius 3 is 3.00 bits per heavy atom. The van der Waals surface area contributed by atoms with Crippen LogP contribution in [0.4, 0.5) is 11.4 Å². The minimum Gasteiger partial charge on any atom is -0.379 e. The van der Waals surface area contributed by atoms with Gasteiger partial charge in [-0.25, -0.2) is 0 Å². The number of para-hydroxylation sites is 1. The quantitative estimate of drug-likeness (QED) is 0.652. The van der Waals surface area contributed by atoms with E-state index >= 15 is 0 Å². The van der Waals surface area contributed by atoms with Crippen molar-refractivity contribution in [3.05, 3.63) is 23.8 Å². The minimum absolute atomic E-state index is 0.540. The van der Waals surface area contributed by atoms with Crippen LogP contribution in [0.3, 0.4) is 0 Å². The van der Waals surface area contributed by atoms with Gasteiger partial charge in [-0.2, -0.15) is 0 Å². The maximum atomic E-state index is 3.52. The number of nitrogens with zero attached hydrogens (tertiary/aromatic N) is 1. The molecule has 1 aromatic rings. The third kappa shape index (κ3) is 1.37. The van der Waals surface area contributed by atoms with Crippen LogP contribution >= 0.6 is 0 Å². The molecule has 2 nitrogen and oxygen atoms in total. The van der Waals surface area contributed by atoms with Crippen LogP contribution < -0.4 is 10.2 Å². The van der Waals surface area contributed by atoms with Crippen LogP contribution in [0.1, 0.15) is 12.5 Å². The molecule has 1 aromatic carbocycles. The molecule has 2 heteroatoms. The summed E-state index contributed by atoms with van der Waals surface area (Å²) in [5.74, 6) is 0. The third-order valence-corrected chi connectivity index (χ3v) is 2.60. The minimum atomic E-state index is 0.540. The van der Waals surface area contributed by atoms with Crippen molar-refractivity contribution in [3.63, 3.8) is 0 Å². The Balaban J connectivity index is 2.49. The fourth-order valence-electron chi connectivity index (χ4n) is 1.96. The first kappa shape index (κ1) is 8.42. The molecule has 70 valence electrons. The monoisotopic (exact) mass is 176 g/mol. The van der Waals surface area contributed by atoms with Gasteiger partial charge in [-0.1, -0.05) is 12.1 Å².